The zero-order chi connectivity index (χ0) is 23.0. The van der Waals surface area contributed by atoms with E-state index in [0.717, 1.165) is 10.8 Å². The Morgan fingerprint density at radius 1 is 0.788 bits per heavy atom. The number of carbonyl (C=O) groups excluding carboxylic acids is 1. The predicted octanol–water partition coefficient (Wildman–Crippen LogP) is 6.21. The molecule has 0 bridgehead atoms. The van der Waals surface area contributed by atoms with Crippen molar-refractivity contribution in [2.24, 2.45) is 0 Å². The maximum atomic E-state index is 13.6. The number of aromatic nitrogens is 1. The molecule has 0 aliphatic heterocycles. The highest BCUT2D eigenvalue weighted by atomic mass is 35.5. The van der Waals surface area contributed by atoms with E-state index in [1.807, 2.05) is 30.3 Å². The van der Waals surface area contributed by atoms with E-state index in [9.17, 15) is 13.2 Å². The van der Waals surface area contributed by atoms with E-state index in [1.54, 1.807) is 54.6 Å². The number of benzene rings is 4. The molecule has 7 heteroatoms. The van der Waals surface area contributed by atoms with Gasteiger partial charge in [0.05, 0.1) is 4.90 Å². The van der Waals surface area contributed by atoms with Gasteiger partial charge in [-0.1, -0.05) is 71.4 Å². The molecule has 0 unspecified atom stereocenters. The van der Waals surface area contributed by atoms with Crippen molar-refractivity contribution in [1.82, 2.24) is 5.16 Å². The maximum Gasteiger partial charge on any atom is 0.216 e. The van der Waals surface area contributed by atoms with Gasteiger partial charge >= 0.3 is 0 Å². The van der Waals surface area contributed by atoms with E-state index in [0.29, 0.717) is 16.1 Å². The monoisotopic (exact) mass is 473 g/mol. The number of rotatable bonds is 5. The Balaban J connectivity index is 1.72. The molecule has 4 aromatic carbocycles. The highest BCUT2D eigenvalue weighted by Crippen LogP contribution is 2.36. The normalized spacial score (nSPS) is 11.5. The van der Waals surface area contributed by atoms with Gasteiger partial charge in [-0.15, -0.1) is 0 Å². The minimum atomic E-state index is -4.12. The van der Waals surface area contributed by atoms with Gasteiger partial charge in [0.2, 0.25) is 15.6 Å². The zero-order valence-electron chi connectivity index (χ0n) is 17.1. The van der Waals surface area contributed by atoms with Crippen molar-refractivity contribution < 1.29 is 17.7 Å². The minimum absolute atomic E-state index is 0.0142. The van der Waals surface area contributed by atoms with Crippen LogP contribution in [0.2, 0.25) is 5.02 Å². The van der Waals surface area contributed by atoms with Crippen LogP contribution in [0.25, 0.3) is 22.1 Å². The molecule has 0 saturated carbocycles. The number of ketones is 1. The Morgan fingerprint density at radius 3 is 2.18 bits per heavy atom. The molecule has 0 aliphatic carbocycles. The van der Waals surface area contributed by atoms with Crippen LogP contribution in [0.5, 0.6) is 0 Å². The summed E-state index contributed by atoms with van der Waals surface area (Å²) in [6.45, 7) is 0. The van der Waals surface area contributed by atoms with Gasteiger partial charge < -0.3 is 4.52 Å². The van der Waals surface area contributed by atoms with Crippen LogP contribution in [0, 0.1) is 0 Å². The summed E-state index contributed by atoms with van der Waals surface area (Å²) >= 11 is 5.99. The largest absolute Gasteiger partial charge is 0.354 e. The Morgan fingerprint density at radius 2 is 1.45 bits per heavy atom. The molecule has 0 amide bonds. The van der Waals surface area contributed by atoms with Crippen molar-refractivity contribution in [3.05, 3.63) is 113 Å². The summed E-state index contributed by atoms with van der Waals surface area (Å²) in [5, 5.41) is 6.24. The summed E-state index contributed by atoms with van der Waals surface area (Å²) in [6.07, 6.45) is 0. The first-order valence-electron chi connectivity index (χ1n) is 10.0. The molecule has 5 nitrogen and oxygen atoms in total. The van der Waals surface area contributed by atoms with Crippen LogP contribution in [0.15, 0.2) is 111 Å². The summed E-state index contributed by atoms with van der Waals surface area (Å²) in [7, 11) is -4.12. The fourth-order valence-electron chi connectivity index (χ4n) is 3.65. The van der Waals surface area contributed by atoms with Crippen LogP contribution in [0.1, 0.15) is 16.1 Å². The third-order valence-corrected chi connectivity index (χ3v) is 7.37. The molecule has 5 rings (SSSR count). The number of hydrogen-bond acceptors (Lipinski definition) is 5. The van der Waals surface area contributed by atoms with Crippen LogP contribution in [0.4, 0.5) is 0 Å². The summed E-state index contributed by atoms with van der Waals surface area (Å²) in [5.74, 6) is -0.557. The lowest BCUT2D eigenvalue weighted by Gasteiger charge is -2.07. The fraction of sp³-hybridized carbons (Fsp3) is 0. The van der Waals surface area contributed by atoms with Crippen LogP contribution >= 0.6 is 11.6 Å². The van der Waals surface area contributed by atoms with Crippen molar-refractivity contribution in [2.45, 2.75) is 9.79 Å². The van der Waals surface area contributed by atoms with E-state index in [2.05, 4.69) is 5.16 Å². The van der Waals surface area contributed by atoms with Crippen LogP contribution < -0.4 is 0 Å². The molecule has 0 aliphatic rings. The van der Waals surface area contributed by atoms with Gasteiger partial charge in [0.25, 0.3) is 0 Å². The smallest absolute Gasteiger partial charge is 0.216 e. The van der Waals surface area contributed by atoms with E-state index in [-0.39, 0.29) is 21.2 Å². The van der Waals surface area contributed by atoms with Gasteiger partial charge in [-0.2, -0.15) is 0 Å². The second-order valence-corrected chi connectivity index (χ2v) is 9.73. The third kappa shape index (κ3) is 3.84. The molecule has 1 aromatic heterocycles. The predicted molar refractivity (Wildman–Crippen MR) is 126 cm³/mol. The summed E-state index contributed by atoms with van der Waals surface area (Å²) in [4.78, 5) is 13.2. The highest BCUT2D eigenvalue weighted by Gasteiger charge is 2.34. The maximum absolute atomic E-state index is 13.6. The van der Waals surface area contributed by atoms with E-state index >= 15 is 0 Å². The molecule has 33 heavy (non-hydrogen) atoms. The number of hydrogen-bond donors (Lipinski definition) is 0. The van der Waals surface area contributed by atoms with Gasteiger partial charge in [0, 0.05) is 16.1 Å². The lowest BCUT2D eigenvalue weighted by atomic mass is 10.0. The molecule has 0 atom stereocenters. The molecule has 0 radical (unpaired) electrons. The van der Waals surface area contributed by atoms with Gasteiger partial charge in [0.1, 0.15) is 0 Å². The van der Waals surface area contributed by atoms with E-state index in [4.69, 9.17) is 16.1 Å². The van der Waals surface area contributed by atoms with E-state index in [1.165, 1.54) is 12.1 Å². The van der Waals surface area contributed by atoms with Crippen LogP contribution in [-0.4, -0.2) is 19.4 Å². The number of sulfone groups is 1. The standard InChI is InChI=1S/C26H16ClNO4S/c27-21-14-12-18(13-15-21)25-26(33(30,31)22-8-2-1-3-9-22)23(28-32-25)24(29)20-11-10-17-6-4-5-7-19(17)16-20/h1-16H. The quantitative estimate of drug-likeness (QED) is 0.283. The first-order valence-corrected chi connectivity index (χ1v) is 11.9. The van der Waals surface area contributed by atoms with Gasteiger partial charge in [0.15, 0.2) is 16.3 Å². The number of halogens is 1. The topological polar surface area (TPSA) is 77.2 Å². The Bertz CT molecular complexity index is 1590. The van der Waals surface area contributed by atoms with E-state index < -0.39 is 15.6 Å². The first-order chi connectivity index (χ1) is 15.9. The van der Waals surface area contributed by atoms with Crippen LogP contribution in [-0.2, 0) is 9.84 Å². The molecule has 0 fully saturated rings. The SMILES string of the molecule is O=C(c1ccc2ccccc2c1)c1noc(-c2ccc(Cl)cc2)c1S(=O)(=O)c1ccccc1. The zero-order valence-corrected chi connectivity index (χ0v) is 18.7. The Kier molecular flexibility index (Phi) is 5.32. The molecular weight excluding hydrogens is 458 g/mol. The average molecular weight is 474 g/mol. The third-order valence-electron chi connectivity index (χ3n) is 5.30. The Labute approximate surface area is 195 Å². The van der Waals surface area contributed by atoms with Gasteiger partial charge in [-0.25, -0.2) is 8.42 Å². The number of nitrogens with zero attached hydrogens (tertiary/aromatic N) is 1. The Hall–Kier alpha value is -3.74. The molecule has 0 spiro atoms. The minimum Gasteiger partial charge on any atom is -0.354 e. The molecule has 0 saturated heterocycles. The van der Waals surface area contributed by atoms with Crippen molar-refractivity contribution in [2.75, 3.05) is 0 Å². The van der Waals surface area contributed by atoms with Crippen molar-refractivity contribution in [1.29, 1.82) is 0 Å². The first kappa shape index (κ1) is 21.1. The molecule has 1 heterocycles. The second-order valence-electron chi connectivity index (χ2n) is 7.40. The summed E-state index contributed by atoms with van der Waals surface area (Å²) in [5.41, 5.74) is 0.493. The van der Waals surface area contributed by atoms with Gasteiger partial charge in [-0.05, 0) is 53.2 Å². The van der Waals surface area contributed by atoms with Crippen molar-refractivity contribution in [3.8, 4) is 11.3 Å². The molecule has 162 valence electrons. The highest BCUT2D eigenvalue weighted by molar-refractivity contribution is 7.91. The lowest BCUT2D eigenvalue weighted by molar-refractivity contribution is 0.102. The fourth-order valence-corrected chi connectivity index (χ4v) is 5.31. The molecule has 5 aromatic rings. The van der Waals surface area contributed by atoms with Gasteiger partial charge in [-0.3, -0.25) is 4.79 Å². The summed E-state index contributed by atoms with van der Waals surface area (Å²) in [6, 6.07) is 27.1. The lowest BCUT2D eigenvalue weighted by Crippen LogP contribution is -2.11. The average Bonchev–Trinajstić information content (AvgIpc) is 3.30. The van der Waals surface area contributed by atoms with Crippen molar-refractivity contribution in [3.63, 3.8) is 0 Å². The summed E-state index contributed by atoms with van der Waals surface area (Å²) < 4.78 is 32.8. The van der Waals surface area contributed by atoms with Crippen LogP contribution in [0.3, 0.4) is 0 Å². The molecular formula is C26H16ClNO4S. The number of carbonyl (C=O) groups is 1. The van der Waals surface area contributed by atoms with Crippen molar-refractivity contribution >= 4 is 38.0 Å². The molecule has 0 N–H and O–H groups in total. The number of fused-ring (bicyclic) bond motifs is 1. The second kappa shape index (κ2) is 8.31.